The summed E-state index contributed by atoms with van der Waals surface area (Å²) in [5.74, 6) is 0. The van der Waals surface area contributed by atoms with Gasteiger partial charge in [-0.15, -0.1) is 0 Å². The van der Waals surface area contributed by atoms with E-state index in [0.717, 1.165) is 32.7 Å². The Kier molecular flexibility index (Phi) is 7.78. The number of para-hydroxylation sites is 3. The van der Waals surface area contributed by atoms with Gasteiger partial charge in [0.05, 0.1) is 0 Å². The van der Waals surface area contributed by atoms with Crippen molar-refractivity contribution in [1.29, 1.82) is 0 Å². The van der Waals surface area contributed by atoms with Crippen LogP contribution in [0.3, 0.4) is 0 Å². The number of hydrogen-bond donors (Lipinski definition) is 0. The average molecular weight is 538 g/mol. The summed E-state index contributed by atoms with van der Waals surface area (Å²) in [7, 11) is 0. The van der Waals surface area contributed by atoms with Gasteiger partial charge in [0.1, 0.15) is 0 Å². The summed E-state index contributed by atoms with van der Waals surface area (Å²) in [6.45, 7) is 11.5. The summed E-state index contributed by atoms with van der Waals surface area (Å²) in [6, 6.07) is 26.3. The molecule has 0 aromatic heterocycles. The maximum Gasteiger partial charge on any atom is 0.0485 e. The van der Waals surface area contributed by atoms with Gasteiger partial charge >= 0.3 is 0 Å². The van der Waals surface area contributed by atoms with Crippen molar-refractivity contribution in [3.05, 3.63) is 144 Å². The van der Waals surface area contributed by atoms with E-state index in [2.05, 4.69) is 157 Å². The van der Waals surface area contributed by atoms with Crippen LogP contribution in [0.5, 0.6) is 0 Å². The van der Waals surface area contributed by atoms with Crippen molar-refractivity contribution >= 4 is 33.8 Å². The Balaban J connectivity index is 1.44. The van der Waals surface area contributed by atoms with Crippen molar-refractivity contribution in [2.45, 2.75) is 20.8 Å². The maximum atomic E-state index is 2.44. The van der Waals surface area contributed by atoms with E-state index in [1.54, 1.807) is 0 Å². The highest BCUT2D eigenvalue weighted by atomic mass is 15.1. The summed E-state index contributed by atoms with van der Waals surface area (Å²) in [5, 5.41) is 0. The molecule has 0 spiro atoms. The highest BCUT2D eigenvalue weighted by Gasteiger charge is 2.20. The van der Waals surface area contributed by atoms with E-state index in [-0.39, 0.29) is 0 Å². The van der Waals surface area contributed by atoms with Gasteiger partial charge in [0.25, 0.3) is 0 Å². The molecule has 3 aromatic rings. The third-order valence-electron chi connectivity index (χ3n) is 8.40. The van der Waals surface area contributed by atoms with Crippen molar-refractivity contribution in [2.75, 3.05) is 47.4 Å². The number of likely N-dealkylation sites (N-methyl/N-ethyl adjacent to an activating group) is 2. The topological polar surface area (TPSA) is 9.72 Å². The van der Waals surface area contributed by atoms with Crippen LogP contribution >= 0.6 is 0 Å². The maximum absolute atomic E-state index is 2.44. The fraction of sp³-hybridized carbons (Fsp3) is 0.211. The van der Waals surface area contributed by atoms with Crippen LogP contribution in [0.2, 0.25) is 0 Å². The second kappa shape index (κ2) is 11.9. The quantitative estimate of drug-likeness (QED) is 0.279. The van der Waals surface area contributed by atoms with E-state index in [1.165, 1.54) is 56.0 Å². The number of rotatable bonds is 7. The average Bonchev–Trinajstić information content (AvgIpc) is 3.04. The summed E-state index contributed by atoms with van der Waals surface area (Å²) in [4.78, 5) is 7.18. The van der Waals surface area contributed by atoms with Crippen molar-refractivity contribution in [2.24, 2.45) is 0 Å². The van der Waals surface area contributed by atoms with Crippen LogP contribution in [0.4, 0.5) is 17.1 Å². The molecule has 6 rings (SSSR count). The third kappa shape index (κ3) is 5.20. The van der Waals surface area contributed by atoms with Crippen molar-refractivity contribution in [1.82, 2.24) is 0 Å². The Morgan fingerprint density at radius 1 is 0.683 bits per heavy atom. The minimum Gasteiger partial charge on any atom is -0.368 e. The zero-order chi connectivity index (χ0) is 28.2. The number of benzene rings is 3. The van der Waals surface area contributed by atoms with Gasteiger partial charge in [0.15, 0.2) is 0 Å². The van der Waals surface area contributed by atoms with Crippen LogP contribution < -0.4 is 14.7 Å². The normalized spacial score (nSPS) is 17.4. The van der Waals surface area contributed by atoms with E-state index >= 15 is 0 Å². The van der Waals surface area contributed by atoms with Crippen molar-refractivity contribution in [3.63, 3.8) is 0 Å². The predicted molar refractivity (Wildman–Crippen MR) is 178 cm³/mol. The predicted octanol–water partition coefficient (Wildman–Crippen LogP) is 8.75. The molecule has 206 valence electrons. The lowest BCUT2D eigenvalue weighted by Gasteiger charge is -2.30. The zero-order valence-corrected chi connectivity index (χ0v) is 24.4. The van der Waals surface area contributed by atoms with Gasteiger partial charge in [-0.2, -0.15) is 0 Å². The van der Waals surface area contributed by atoms with Gasteiger partial charge in [0, 0.05) is 72.7 Å². The Morgan fingerprint density at radius 2 is 1.29 bits per heavy atom. The lowest BCUT2D eigenvalue weighted by Crippen LogP contribution is -2.26. The van der Waals surface area contributed by atoms with Gasteiger partial charge in [-0.3, -0.25) is 0 Å². The number of hydrogen-bond acceptors (Lipinski definition) is 3. The summed E-state index contributed by atoms with van der Waals surface area (Å²) in [6.07, 6.45) is 18.4. The fourth-order valence-corrected chi connectivity index (χ4v) is 6.15. The van der Waals surface area contributed by atoms with Crippen LogP contribution in [0, 0.1) is 0 Å². The lowest BCUT2D eigenvalue weighted by atomic mass is 9.90. The second-order valence-corrected chi connectivity index (χ2v) is 10.6. The summed E-state index contributed by atoms with van der Waals surface area (Å²) >= 11 is 0. The lowest BCUT2D eigenvalue weighted by molar-refractivity contribution is 0.895. The van der Waals surface area contributed by atoms with E-state index in [9.17, 15) is 0 Å². The molecule has 3 aromatic carbocycles. The largest absolute Gasteiger partial charge is 0.368 e. The van der Waals surface area contributed by atoms with Crippen molar-refractivity contribution in [3.8, 4) is 0 Å². The minimum atomic E-state index is 0.912. The first-order chi connectivity index (χ1) is 20.2. The molecule has 3 nitrogen and oxygen atoms in total. The number of fused-ring (bicyclic) bond motifs is 3. The van der Waals surface area contributed by atoms with Gasteiger partial charge in [-0.1, -0.05) is 91.1 Å². The zero-order valence-electron chi connectivity index (χ0n) is 24.4. The monoisotopic (exact) mass is 537 g/mol. The molecular formula is C38H39N3. The van der Waals surface area contributed by atoms with Crippen molar-refractivity contribution < 1.29 is 0 Å². The summed E-state index contributed by atoms with van der Waals surface area (Å²) in [5.41, 5.74) is 12.8. The molecule has 0 bridgehead atoms. The molecule has 0 fully saturated rings. The molecule has 0 aliphatic carbocycles. The van der Waals surface area contributed by atoms with Crippen LogP contribution in [0.25, 0.3) is 16.7 Å². The highest BCUT2D eigenvalue weighted by Crippen LogP contribution is 2.38. The molecule has 41 heavy (non-hydrogen) atoms. The molecular weight excluding hydrogens is 498 g/mol. The first kappa shape index (κ1) is 26.7. The summed E-state index contributed by atoms with van der Waals surface area (Å²) < 4.78 is 0. The van der Waals surface area contributed by atoms with Crippen LogP contribution in [-0.4, -0.2) is 32.7 Å². The second-order valence-electron chi connectivity index (χ2n) is 10.6. The highest BCUT2D eigenvalue weighted by molar-refractivity contribution is 5.93. The van der Waals surface area contributed by atoms with Crippen LogP contribution in [0.15, 0.2) is 127 Å². The van der Waals surface area contributed by atoms with Gasteiger partial charge < -0.3 is 14.7 Å². The Morgan fingerprint density at radius 3 is 2.00 bits per heavy atom. The molecule has 0 saturated heterocycles. The van der Waals surface area contributed by atoms with E-state index < -0.39 is 0 Å². The first-order valence-corrected chi connectivity index (χ1v) is 15.0. The molecule has 3 aliphatic rings. The molecule has 3 heteroatoms. The molecule has 0 atom stereocenters. The smallest absolute Gasteiger partial charge is 0.0485 e. The molecule has 3 aliphatic heterocycles. The fourth-order valence-electron chi connectivity index (χ4n) is 6.15. The number of allylic oxidation sites excluding steroid dienone is 9. The van der Waals surface area contributed by atoms with Gasteiger partial charge in [-0.25, -0.2) is 0 Å². The Labute approximate surface area is 245 Å². The molecule has 0 radical (unpaired) electrons. The number of nitrogens with zero attached hydrogens (tertiary/aromatic N) is 3. The SMILES string of the molecule is CCN1C=C\C(=C/C=C(\C=C\C2=CCN(CC)c3ccccc32)C2=CCN(CC)c3ccccc32)c2ccccc21. The minimum absolute atomic E-state index is 0.912. The first-order valence-electron chi connectivity index (χ1n) is 15.0. The molecule has 0 N–H and O–H groups in total. The van der Waals surface area contributed by atoms with Gasteiger partial charge in [-0.05, 0) is 67.3 Å². The van der Waals surface area contributed by atoms with E-state index in [4.69, 9.17) is 0 Å². The van der Waals surface area contributed by atoms with Gasteiger partial charge in [0.2, 0.25) is 0 Å². The molecule has 0 saturated carbocycles. The molecule has 0 unspecified atom stereocenters. The Hall–Kier alpha value is -4.50. The molecule has 3 heterocycles. The van der Waals surface area contributed by atoms with Crippen LogP contribution in [-0.2, 0) is 0 Å². The standard InChI is InChI=1S/C38H39N3/c1-4-39-26-23-30(33-13-7-10-16-36(33)39)21-19-29(32-25-28-41(6-3)38-18-12-9-15-35(32)38)20-22-31-24-27-40(5-2)37-17-11-8-14-34(31)37/h7-26H,4-6,27-28H2,1-3H3/b22-20+,29-19+,30-21+. The van der Waals surface area contributed by atoms with Crippen LogP contribution in [0.1, 0.15) is 37.5 Å². The third-order valence-corrected chi connectivity index (χ3v) is 8.40. The molecule has 0 amide bonds. The Bertz CT molecular complexity index is 1610. The van der Waals surface area contributed by atoms with E-state index in [0.29, 0.717) is 0 Å². The van der Waals surface area contributed by atoms with E-state index in [1.807, 2.05) is 0 Å². The number of anilines is 3.